The number of para-hydroxylation sites is 1. The second kappa shape index (κ2) is 7.45. The van der Waals surface area contributed by atoms with Gasteiger partial charge in [-0.15, -0.1) is 0 Å². The summed E-state index contributed by atoms with van der Waals surface area (Å²) in [6, 6.07) is 3.33. The summed E-state index contributed by atoms with van der Waals surface area (Å²) in [7, 11) is 0. The first-order chi connectivity index (χ1) is 12.0. The standard InChI is InChI=1S/C17H21F2N3O3/c18-12-2-1-3-13(19)14(12)21-16(24)17(4-5-17)15(23)20-6-7-22-8-10-25-11-9-22/h1-3H,4-11H2,(H,20,23)(H,21,24). The number of benzene rings is 1. The first-order valence-electron chi connectivity index (χ1n) is 8.37. The smallest absolute Gasteiger partial charge is 0.240 e. The summed E-state index contributed by atoms with van der Waals surface area (Å²) in [6.07, 6.45) is 0.747. The van der Waals surface area contributed by atoms with Crippen LogP contribution in [0.3, 0.4) is 0 Å². The minimum absolute atomic E-state index is 0.373. The number of nitrogens with one attached hydrogen (secondary N) is 2. The number of amides is 2. The molecule has 0 radical (unpaired) electrons. The quantitative estimate of drug-likeness (QED) is 0.753. The average Bonchev–Trinajstić information content (AvgIpc) is 3.41. The maximum atomic E-state index is 13.7. The Labute approximate surface area is 144 Å². The van der Waals surface area contributed by atoms with Crippen molar-refractivity contribution in [1.29, 1.82) is 0 Å². The highest BCUT2D eigenvalue weighted by atomic mass is 19.1. The Morgan fingerprint density at radius 3 is 2.36 bits per heavy atom. The Bertz CT molecular complexity index is 638. The lowest BCUT2D eigenvalue weighted by atomic mass is 10.0. The lowest BCUT2D eigenvalue weighted by molar-refractivity contribution is -0.134. The van der Waals surface area contributed by atoms with Crippen LogP contribution in [0.4, 0.5) is 14.5 Å². The van der Waals surface area contributed by atoms with E-state index in [1.807, 2.05) is 0 Å². The van der Waals surface area contributed by atoms with Crippen LogP contribution >= 0.6 is 0 Å². The van der Waals surface area contributed by atoms with Crippen LogP contribution in [0, 0.1) is 17.0 Å². The summed E-state index contributed by atoms with van der Waals surface area (Å²) < 4.78 is 32.6. The zero-order valence-corrected chi connectivity index (χ0v) is 13.8. The lowest BCUT2D eigenvalue weighted by Crippen LogP contribution is -2.45. The molecular weight excluding hydrogens is 332 g/mol. The van der Waals surface area contributed by atoms with Gasteiger partial charge in [-0.05, 0) is 25.0 Å². The van der Waals surface area contributed by atoms with Crippen LogP contribution in [-0.2, 0) is 14.3 Å². The molecule has 0 spiro atoms. The number of carbonyl (C=O) groups excluding carboxylic acids is 2. The SMILES string of the molecule is O=C(NCCN1CCOCC1)C1(C(=O)Nc2c(F)cccc2F)CC1. The van der Waals surface area contributed by atoms with E-state index < -0.39 is 34.6 Å². The molecule has 8 heteroatoms. The molecule has 2 aliphatic rings. The minimum Gasteiger partial charge on any atom is -0.379 e. The molecule has 1 aromatic rings. The van der Waals surface area contributed by atoms with E-state index in [-0.39, 0.29) is 0 Å². The first kappa shape index (κ1) is 17.8. The average molecular weight is 353 g/mol. The molecule has 0 bridgehead atoms. The Morgan fingerprint density at radius 2 is 1.76 bits per heavy atom. The van der Waals surface area contributed by atoms with Gasteiger partial charge in [-0.25, -0.2) is 8.78 Å². The topological polar surface area (TPSA) is 70.7 Å². The molecule has 0 aromatic heterocycles. The van der Waals surface area contributed by atoms with E-state index in [1.54, 1.807) is 0 Å². The number of anilines is 1. The van der Waals surface area contributed by atoms with Crippen LogP contribution in [0.15, 0.2) is 18.2 Å². The Balaban J connectivity index is 1.53. The van der Waals surface area contributed by atoms with Crippen molar-refractivity contribution in [3.63, 3.8) is 0 Å². The molecule has 1 saturated heterocycles. The Morgan fingerprint density at radius 1 is 1.12 bits per heavy atom. The summed E-state index contributed by atoms with van der Waals surface area (Å²) >= 11 is 0. The molecule has 0 atom stereocenters. The van der Waals surface area contributed by atoms with Gasteiger partial charge in [0, 0.05) is 26.2 Å². The van der Waals surface area contributed by atoms with Crippen LogP contribution in [0.2, 0.25) is 0 Å². The van der Waals surface area contributed by atoms with Crippen molar-refractivity contribution in [1.82, 2.24) is 10.2 Å². The third kappa shape index (κ3) is 3.96. The summed E-state index contributed by atoms with van der Waals surface area (Å²) in [5.74, 6) is -2.79. The highest BCUT2D eigenvalue weighted by Gasteiger charge is 2.56. The van der Waals surface area contributed by atoms with Crippen LogP contribution in [0.5, 0.6) is 0 Å². The fourth-order valence-electron chi connectivity index (χ4n) is 2.85. The Hall–Kier alpha value is -2.06. The molecule has 2 fully saturated rings. The molecule has 2 amide bonds. The van der Waals surface area contributed by atoms with Gasteiger partial charge in [-0.1, -0.05) is 6.07 Å². The number of ether oxygens (including phenoxy) is 1. The summed E-state index contributed by atoms with van der Waals surface area (Å²) in [4.78, 5) is 26.9. The fourth-order valence-corrected chi connectivity index (χ4v) is 2.85. The lowest BCUT2D eigenvalue weighted by Gasteiger charge is -2.26. The largest absolute Gasteiger partial charge is 0.379 e. The number of carbonyl (C=O) groups is 2. The third-order valence-corrected chi connectivity index (χ3v) is 4.64. The van der Waals surface area contributed by atoms with Crippen molar-refractivity contribution >= 4 is 17.5 Å². The summed E-state index contributed by atoms with van der Waals surface area (Å²) in [6.45, 7) is 4.07. The number of nitrogens with zero attached hydrogens (tertiary/aromatic N) is 1. The highest BCUT2D eigenvalue weighted by Crippen LogP contribution is 2.47. The van der Waals surface area contributed by atoms with Crippen molar-refractivity contribution in [2.45, 2.75) is 12.8 Å². The van der Waals surface area contributed by atoms with Gasteiger partial charge in [0.15, 0.2) is 0 Å². The molecule has 2 N–H and O–H groups in total. The Kier molecular flexibility index (Phi) is 5.29. The van der Waals surface area contributed by atoms with Gasteiger partial charge in [-0.3, -0.25) is 14.5 Å². The van der Waals surface area contributed by atoms with Crippen LogP contribution < -0.4 is 10.6 Å². The van der Waals surface area contributed by atoms with Crippen molar-refractivity contribution in [3.8, 4) is 0 Å². The third-order valence-electron chi connectivity index (χ3n) is 4.64. The molecule has 136 valence electrons. The van der Waals surface area contributed by atoms with Gasteiger partial charge in [0.1, 0.15) is 22.7 Å². The summed E-state index contributed by atoms with van der Waals surface area (Å²) in [5, 5.41) is 4.98. The predicted molar refractivity (Wildman–Crippen MR) is 86.9 cm³/mol. The molecule has 0 unspecified atom stereocenters. The number of hydrogen-bond donors (Lipinski definition) is 2. The number of rotatable bonds is 6. The zero-order valence-electron chi connectivity index (χ0n) is 13.8. The van der Waals surface area contributed by atoms with Crippen LogP contribution in [0.1, 0.15) is 12.8 Å². The van der Waals surface area contributed by atoms with E-state index in [2.05, 4.69) is 15.5 Å². The molecule has 6 nitrogen and oxygen atoms in total. The van der Waals surface area contributed by atoms with Crippen molar-refractivity contribution < 1.29 is 23.1 Å². The first-order valence-corrected chi connectivity index (χ1v) is 8.37. The van der Waals surface area contributed by atoms with Crippen molar-refractivity contribution in [3.05, 3.63) is 29.8 Å². The van der Waals surface area contributed by atoms with E-state index >= 15 is 0 Å². The maximum absolute atomic E-state index is 13.7. The van der Waals surface area contributed by atoms with Gasteiger partial charge < -0.3 is 15.4 Å². The van der Waals surface area contributed by atoms with Crippen molar-refractivity contribution in [2.24, 2.45) is 5.41 Å². The van der Waals surface area contributed by atoms with E-state index in [0.717, 1.165) is 25.2 Å². The number of halogens is 2. The molecule has 1 heterocycles. The fraction of sp³-hybridized carbons (Fsp3) is 0.529. The van der Waals surface area contributed by atoms with Gasteiger partial charge in [0.2, 0.25) is 11.8 Å². The van der Waals surface area contributed by atoms with Gasteiger partial charge >= 0.3 is 0 Å². The maximum Gasteiger partial charge on any atom is 0.240 e. The molecular formula is C17H21F2N3O3. The normalized spacial score (nSPS) is 19.3. The molecule has 3 rings (SSSR count). The molecule has 1 aromatic carbocycles. The van der Waals surface area contributed by atoms with Gasteiger partial charge in [-0.2, -0.15) is 0 Å². The predicted octanol–water partition coefficient (Wildman–Crippen LogP) is 1.13. The van der Waals surface area contributed by atoms with Gasteiger partial charge in [0.25, 0.3) is 0 Å². The molecule has 1 aliphatic carbocycles. The number of morpholine rings is 1. The number of hydrogen-bond acceptors (Lipinski definition) is 4. The molecule has 25 heavy (non-hydrogen) atoms. The van der Waals surface area contributed by atoms with E-state index in [1.165, 1.54) is 6.07 Å². The van der Waals surface area contributed by atoms with E-state index in [9.17, 15) is 18.4 Å². The van der Waals surface area contributed by atoms with Gasteiger partial charge in [0.05, 0.1) is 13.2 Å². The second-order valence-electron chi connectivity index (χ2n) is 6.34. The molecule has 1 saturated carbocycles. The van der Waals surface area contributed by atoms with Crippen LogP contribution in [0.25, 0.3) is 0 Å². The van der Waals surface area contributed by atoms with Crippen LogP contribution in [-0.4, -0.2) is 56.1 Å². The zero-order chi connectivity index (χ0) is 17.9. The van der Waals surface area contributed by atoms with Crippen molar-refractivity contribution in [2.75, 3.05) is 44.7 Å². The van der Waals surface area contributed by atoms with E-state index in [4.69, 9.17) is 4.74 Å². The summed E-state index contributed by atoms with van der Waals surface area (Å²) in [5.41, 5.74) is -1.74. The second-order valence-corrected chi connectivity index (χ2v) is 6.34. The minimum atomic E-state index is -1.22. The molecule has 1 aliphatic heterocycles. The monoisotopic (exact) mass is 353 g/mol. The van der Waals surface area contributed by atoms with E-state index in [0.29, 0.717) is 39.1 Å². The highest BCUT2D eigenvalue weighted by molar-refractivity contribution is 6.13.